The van der Waals surface area contributed by atoms with Crippen LogP contribution in [0.5, 0.6) is 0 Å². The molecule has 1 aliphatic carbocycles. The van der Waals surface area contributed by atoms with Gasteiger partial charge in [0.05, 0.1) is 12.8 Å². The first-order chi connectivity index (χ1) is 7.84. The molecule has 5 heteroatoms. The van der Waals surface area contributed by atoms with E-state index in [0.29, 0.717) is 6.04 Å². The summed E-state index contributed by atoms with van der Waals surface area (Å²) in [6, 6.07) is 4.43. The molecule has 0 aromatic carbocycles. The monoisotopic (exact) mass is 218 g/mol. The summed E-state index contributed by atoms with van der Waals surface area (Å²) >= 11 is 0. The lowest BCUT2D eigenvalue weighted by atomic mass is 10.4. The summed E-state index contributed by atoms with van der Waals surface area (Å²) in [7, 11) is 1.96. The molecule has 0 bridgehead atoms. The second kappa shape index (κ2) is 3.75. The molecule has 0 amide bonds. The van der Waals surface area contributed by atoms with Crippen LogP contribution >= 0.6 is 0 Å². The lowest BCUT2D eigenvalue weighted by molar-refractivity contribution is 0.571. The minimum absolute atomic E-state index is 0.684. The van der Waals surface area contributed by atoms with Gasteiger partial charge < -0.3 is 14.3 Å². The SMILES string of the molecule is Cn1c(CNC2CC2)nnc1-c1ccco1. The van der Waals surface area contributed by atoms with E-state index in [1.807, 2.05) is 23.7 Å². The second-order valence-electron chi connectivity index (χ2n) is 4.13. The van der Waals surface area contributed by atoms with Crippen molar-refractivity contribution in [2.45, 2.75) is 25.4 Å². The van der Waals surface area contributed by atoms with Gasteiger partial charge in [-0.25, -0.2) is 0 Å². The predicted octanol–water partition coefficient (Wildman–Crippen LogP) is 1.33. The van der Waals surface area contributed by atoms with Gasteiger partial charge in [-0.05, 0) is 25.0 Å². The van der Waals surface area contributed by atoms with Crippen LogP contribution in [0.1, 0.15) is 18.7 Å². The molecule has 0 aliphatic heterocycles. The smallest absolute Gasteiger partial charge is 0.199 e. The molecule has 2 aromatic heterocycles. The van der Waals surface area contributed by atoms with Crippen LogP contribution < -0.4 is 5.32 Å². The maximum absolute atomic E-state index is 5.31. The molecular weight excluding hydrogens is 204 g/mol. The number of nitrogens with zero attached hydrogens (tertiary/aromatic N) is 3. The third-order valence-electron chi connectivity index (χ3n) is 2.83. The Balaban J connectivity index is 1.79. The van der Waals surface area contributed by atoms with Crippen LogP contribution in [-0.4, -0.2) is 20.8 Å². The quantitative estimate of drug-likeness (QED) is 0.841. The minimum atomic E-state index is 0.684. The molecule has 1 aliphatic rings. The van der Waals surface area contributed by atoms with Crippen molar-refractivity contribution in [2.24, 2.45) is 7.05 Å². The third kappa shape index (κ3) is 1.74. The van der Waals surface area contributed by atoms with Gasteiger partial charge in [-0.3, -0.25) is 0 Å². The highest BCUT2D eigenvalue weighted by molar-refractivity contribution is 5.46. The van der Waals surface area contributed by atoms with E-state index in [9.17, 15) is 0 Å². The number of furan rings is 1. The molecule has 2 aromatic rings. The first kappa shape index (κ1) is 9.59. The maximum atomic E-state index is 5.31. The number of aromatic nitrogens is 3. The first-order valence-electron chi connectivity index (χ1n) is 5.50. The largest absolute Gasteiger partial charge is 0.461 e. The molecule has 3 rings (SSSR count). The van der Waals surface area contributed by atoms with Crippen LogP contribution in [-0.2, 0) is 13.6 Å². The van der Waals surface area contributed by atoms with Crippen molar-refractivity contribution in [1.29, 1.82) is 0 Å². The Morgan fingerprint density at radius 3 is 3.06 bits per heavy atom. The molecule has 0 radical (unpaired) electrons. The van der Waals surface area contributed by atoms with Crippen LogP contribution in [0, 0.1) is 0 Å². The second-order valence-corrected chi connectivity index (χ2v) is 4.13. The normalized spacial score (nSPS) is 15.6. The number of rotatable bonds is 4. The lowest BCUT2D eigenvalue weighted by Crippen LogP contribution is -2.18. The van der Waals surface area contributed by atoms with Crippen molar-refractivity contribution in [3.8, 4) is 11.6 Å². The van der Waals surface area contributed by atoms with E-state index in [0.717, 1.165) is 24.0 Å². The molecule has 1 N–H and O–H groups in total. The fourth-order valence-electron chi connectivity index (χ4n) is 1.66. The van der Waals surface area contributed by atoms with E-state index in [4.69, 9.17) is 4.42 Å². The summed E-state index contributed by atoms with van der Waals surface area (Å²) in [5.41, 5.74) is 0. The zero-order valence-electron chi connectivity index (χ0n) is 9.18. The molecule has 16 heavy (non-hydrogen) atoms. The molecular formula is C11H14N4O. The van der Waals surface area contributed by atoms with Gasteiger partial charge in [-0.2, -0.15) is 0 Å². The van der Waals surface area contributed by atoms with E-state index in [-0.39, 0.29) is 0 Å². The van der Waals surface area contributed by atoms with E-state index in [1.165, 1.54) is 12.8 Å². The molecule has 0 saturated heterocycles. The molecule has 0 atom stereocenters. The minimum Gasteiger partial charge on any atom is -0.461 e. The van der Waals surface area contributed by atoms with Crippen LogP contribution in [0.3, 0.4) is 0 Å². The number of hydrogen-bond donors (Lipinski definition) is 1. The summed E-state index contributed by atoms with van der Waals surface area (Å²) in [5, 5.41) is 11.7. The van der Waals surface area contributed by atoms with E-state index in [2.05, 4.69) is 15.5 Å². The van der Waals surface area contributed by atoms with Gasteiger partial charge in [0.2, 0.25) is 0 Å². The summed E-state index contributed by atoms with van der Waals surface area (Å²) in [6.45, 7) is 0.773. The lowest BCUT2D eigenvalue weighted by Gasteiger charge is -2.02. The average molecular weight is 218 g/mol. The van der Waals surface area contributed by atoms with Gasteiger partial charge in [0.25, 0.3) is 0 Å². The van der Waals surface area contributed by atoms with E-state index >= 15 is 0 Å². The highest BCUT2D eigenvalue weighted by Crippen LogP contribution is 2.20. The maximum Gasteiger partial charge on any atom is 0.199 e. The Labute approximate surface area is 93.5 Å². The van der Waals surface area contributed by atoms with Crippen LogP contribution in [0.2, 0.25) is 0 Å². The fraction of sp³-hybridized carbons (Fsp3) is 0.455. The zero-order valence-corrected chi connectivity index (χ0v) is 9.18. The molecule has 1 fully saturated rings. The topological polar surface area (TPSA) is 55.9 Å². The Kier molecular flexibility index (Phi) is 2.25. The van der Waals surface area contributed by atoms with Crippen molar-refractivity contribution in [2.75, 3.05) is 0 Å². The van der Waals surface area contributed by atoms with Crippen molar-refractivity contribution in [3.05, 3.63) is 24.2 Å². The molecule has 0 spiro atoms. The Hall–Kier alpha value is -1.62. The predicted molar refractivity (Wildman–Crippen MR) is 58.6 cm³/mol. The van der Waals surface area contributed by atoms with Crippen molar-refractivity contribution in [1.82, 2.24) is 20.1 Å². The summed E-state index contributed by atoms with van der Waals surface area (Å²) in [5.74, 6) is 2.48. The van der Waals surface area contributed by atoms with Gasteiger partial charge in [-0.15, -0.1) is 10.2 Å². The van der Waals surface area contributed by atoms with E-state index in [1.54, 1.807) is 6.26 Å². The highest BCUT2D eigenvalue weighted by atomic mass is 16.3. The number of nitrogens with one attached hydrogen (secondary N) is 1. The highest BCUT2D eigenvalue weighted by Gasteiger charge is 2.21. The molecule has 2 heterocycles. The Morgan fingerprint density at radius 1 is 1.50 bits per heavy atom. The molecule has 84 valence electrons. The fourth-order valence-corrected chi connectivity index (χ4v) is 1.66. The Bertz CT molecular complexity index is 470. The molecule has 0 unspecified atom stereocenters. The van der Waals surface area contributed by atoms with Gasteiger partial charge in [-0.1, -0.05) is 0 Å². The van der Waals surface area contributed by atoms with Crippen molar-refractivity contribution >= 4 is 0 Å². The third-order valence-corrected chi connectivity index (χ3v) is 2.83. The average Bonchev–Trinajstić information content (AvgIpc) is 2.82. The first-order valence-corrected chi connectivity index (χ1v) is 5.50. The van der Waals surface area contributed by atoms with Crippen LogP contribution in [0.4, 0.5) is 0 Å². The van der Waals surface area contributed by atoms with Crippen molar-refractivity contribution < 1.29 is 4.42 Å². The van der Waals surface area contributed by atoms with Crippen LogP contribution in [0.25, 0.3) is 11.6 Å². The standard InChI is InChI=1S/C11H14N4O/c1-15-10(7-12-8-4-5-8)13-14-11(15)9-3-2-6-16-9/h2-3,6,8,12H,4-5,7H2,1H3. The van der Waals surface area contributed by atoms with Gasteiger partial charge in [0.15, 0.2) is 11.6 Å². The van der Waals surface area contributed by atoms with E-state index < -0.39 is 0 Å². The summed E-state index contributed by atoms with van der Waals surface area (Å²) < 4.78 is 7.27. The van der Waals surface area contributed by atoms with Gasteiger partial charge in [0.1, 0.15) is 5.82 Å². The molecule has 1 saturated carbocycles. The van der Waals surface area contributed by atoms with Gasteiger partial charge in [0, 0.05) is 13.1 Å². The summed E-state index contributed by atoms with van der Waals surface area (Å²) in [6.07, 6.45) is 4.21. The Morgan fingerprint density at radius 2 is 2.38 bits per heavy atom. The molecule has 5 nitrogen and oxygen atoms in total. The van der Waals surface area contributed by atoms with Gasteiger partial charge >= 0.3 is 0 Å². The summed E-state index contributed by atoms with van der Waals surface area (Å²) in [4.78, 5) is 0. The number of hydrogen-bond acceptors (Lipinski definition) is 4. The van der Waals surface area contributed by atoms with Crippen molar-refractivity contribution in [3.63, 3.8) is 0 Å². The zero-order chi connectivity index (χ0) is 11.0. The van der Waals surface area contributed by atoms with Crippen LogP contribution in [0.15, 0.2) is 22.8 Å².